The number of rotatable bonds is 6. The summed E-state index contributed by atoms with van der Waals surface area (Å²) in [4.78, 5) is 27.8. The molecule has 0 aliphatic heterocycles. The number of nitrogens with one attached hydrogen (secondary N) is 1. The summed E-state index contributed by atoms with van der Waals surface area (Å²) < 4.78 is 10.6. The second-order valence-corrected chi connectivity index (χ2v) is 6.21. The summed E-state index contributed by atoms with van der Waals surface area (Å²) in [6.45, 7) is 2.07. The predicted octanol–water partition coefficient (Wildman–Crippen LogP) is 4.05. The Hall–Kier alpha value is -4.38. The normalized spacial score (nSPS) is 9.87. The van der Waals surface area contributed by atoms with E-state index >= 15 is 0 Å². The summed E-state index contributed by atoms with van der Waals surface area (Å²) in [5.41, 5.74) is 1.20. The van der Waals surface area contributed by atoms with Crippen LogP contribution in [0.2, 0.25) is 0 Å². The fraction of sp³-hybridized carbons (Fsp3) is 0.130. The van der Waals surface area contributed by atoms with Crippen LogP contribution in [0.3, 0.4) is 0 Å². The molecule has 0 unspecified atom stereocenters. The van der Waals surface area contributed by atoms with Crippen LogP contribution < -0.4 is 14.8 Å². The average molecular weight is 417 g/mol. The molecule has 0 aliphatic rings. The second-order valence-electron chi connectivity index (χ2n) is 6.21. The summed E-state index contributed by atoms with van der Waals surface area (Å²) in [5, 5.41) is 14.2. The molecule has 8 heteroatoms. The maximum atomic E-state index is 12.8. The number of anilines is 1. The smallest absolute Gasteiger partial charge is 0.286 e. The highest BCUT2D eigenvalue weighted by Gasteiger charge is 2.25. The number of ether oxygens (including phenoxy) is 2. The van der Waals surface area contributed by atoms with Gasteiger partial charge in [-0.1, -0.05) is 18.1 Å². The fourth-order valence-electron chi connectivity index (χ4n) is 2.76. The summed E-state index contributed by atoms with van der Waals surface area (Å²) in [7, 11) is 1.37. The second kappa shape index (κ2) is 9.89. The molecule has 8 nitrogen and oxygen atoms in total. The highest BCUT2D eigenvalue weighted by atomic mass is 16.6. The van der Waals surface area contributed by atoms with Crippen LogP contribution >= 0.6 is 0 Å². The molecule has 2 aromatic carbocycles. The minimum absolute atomic E-state index is 0.140. The lowest BCUT2D eigenvalue weighted by Crippen LogP contribution is -2.14. The molecule has 0 saturated carbocycles. The Bertz CT molecular complexity index is 1170. The van der Waals surface area contributed by atoms with Crippen molar-refractivity contribution < 1.29 is 19.2 Å². The van der Waals surface area contributed by atoms with Gasteiger partial charge in [-0.2, -0.15) is 0 Å². The zero-order valence-electron chi connectivity index (χ0n) is 16.9. The highest BCUT2D eigenvalue weighted by molar-refractivity contribution is 6.07. The lowest BCUT2D eigenvalue weighted by atomic mass is 10.1. The molecule has 3 aromatic rings. The molecule has 0 aliphatic carbocycles. The lowest BCUT2D eigenvalue weighted by molar-refractivity contribution is -0.385. The summed E-state index contributed by atoms with van der Waals surface area (Å²) in [6.07, 6.45) is 1.65. The number of nitro groups is 1. The van der Waals surface area contributed by atoms with Crippen LogP contribution in [-0.4, -0.2) is 29.5 Å². The van der Waals surface area contributed by atoms with E-state index in [1.807, 2.05) is 6.07 Å². The van der Waals surface area contributed by atoms with Crippen LogP contribution in [0.5, 0.6) is 11.5 Å². The standard InChI is InChI=1S/C23H19N3O5/c1-3-31-22-14-19(20(26(28)29)15-21(22)30-2)23(27)25-18-9-6-7-16(13-18)10-11-17-8-4-5-12-24-17/h4-9,12-15H,3H2,1-2H3,(H,25,27). The third kappa shape index (κ3) is 5.36. The van der Waals surface area contributed by atoms with Crippen molar-refractivity contribution in [1.82, 2.24) is 4.98 Å². The van der Waals surface area contributed by atoms with Crippen molar-refractivity contribution in [2.45, 2.75) is 6.92 Å². The SMILES string of the molecule is CCOc1cc(C(=O)Nc2cccc(C#Cc3ccccn3)c2)c([N+](=O)[O-])cc1OC. The van der Waals surface area contributed by atoms with Gasteiger partial charge in [-0.05, 0) is 43.2 Å². The Labute approximate surface area is 179 Å². The molecule has 0 saturated heterocycles. The molecule has 3 rings (SSSR count). The maximum absolute atomic E-state index is 12.8. The fourth-order valence-corrected chi connectivity index (χ4v) is 2.76. The third-order valence-corrected chi connectivity index (χ3v) is 4.14. The Kier molecular flexibility index (Phi) is 6.81. The van der Waals surface area contributed by atoms with E-state index in [9.17, 15) is 14.9 Å². The van der Waals surface area contributed by atoms with E-state index in [2.05, 4.69) is 22.1 Å². The Morgan fingerprint density at radius 2 is 1.97 bits per heavy atom. The van der Waals surface area contributed by atoms with E-state index < -0.39 is 10.8 Å². The number of benzene rings is 2. The zero-order valence-corrected chi connectivity index (χ0v) is 16.9. The molecule has 1 amide bonds. The summed E-state index contributed by atoms with van der Waals surface area (Å²) in [5.74, 6) is 5.69. The molecule has 31 heavy (non-hydrogen) atoms. The highest BCUT2D eigenvalue weighted by Crippen LogP contribution is 2.35. The van der Waals surface area contributed by atoms with E-state index in [1.54, 1.807) is 49.5 Å². The number of hydrogen-bond donors (Lipinski definition) is 1. The molecule has 0 fully saturated rings. The van der Waals surface area contributed by atoms with E-state index in [0.29, 0.717) is 23.6 Å². The topological polar surface area (TPSA) is 104 Å². The molecular formula is C23H19N3O5. The monoisotopic (exact) mass is 417 g/mol. The van der Waals surface area contributed by atoms with Gasteiger partial charge in [-0.15, -0.1) is 0 Å². The minimum atomic E-state index is -0.648. The van der Waals surface area contributed by atoms with Gasteiger partial charge in [0.05, 0.1) is 24.7 Å². The maximum Gasteiger partial charge on any atom is 0.286 e. The third-order valence-electron chi connectivity index (χ3n) is 4.14. The molecule has 0 spiro atoms. The molecule has 156 valence electrons. The van der Waals surface area contributed by atoms with Crippen LogP contribution in [0.15, 0.2) is 60.8 Å². The predicted molar refractivity (Wildman–Crippen MR) is 115 cm³/mol. The first-order valence-electron chi connectivity index (χ1n) is 9.35. The first kappa shape index (κ1) is 21.3. The number of nitro benzene ring substituents is 1. The van der Waals surface area contributed by atoms with Crippen molar-refractivity contribution >= 4 is 17.3 Å². The van der Waals surface area contributed by atoms with Crippen molar-refractivity contribution in [1.29, 1.82) is 0 Å². The average Bonchev–Trinajstić information content (AvgIpc) is 2.78. The van der Waals surface area contributed by atoms with E-state index in [0.717, 1.165) is 0 Å². The first-order chi connectivity index (χ1) is 15.0. The van der Waals surface area contributed by atoms with Gasteiger partial charge in [0.1, 0.15) is 11.3 Å². The molecule has 0 bridgehead atoms. The van der Waals surface area contributed by atoms with Crippen molar-refractivity contribution in [3.8, 4) is 23.3 Å². The largest absolute Gasteiger partial charge is 0.493 e. The van der Waals surface area contributed by atoms with Crippen molar-refractivity contribution in [2.75, 3.05) is 19.0 Å². The quantitative estimate of drug-likeness (QED) is 0.369. The molecule has 0 atom stereocenters. The number of hydrogen-bond acceptors (Lipinski definition) is 6. The van der Waals surface area contributed by atoms with Gasteiger partial charge in [0.2, 0.25) is 0 Å². The van der Waals surface area contributed by atoms with Crippen LogP contribution in [0.1, 0.15) is 28.5 Å². The van der Waals surface area contributed by atoms with E-state index in [1.165, 1.54) is 19.2 Å². The van der Waals surface area contributed by atoms with Gasteiger partial charge in [0.25, 0.3) is 11.6 Å². The van der Waals surface area contributed by atoms with E-state index in [-0.39, 0.29) is 22.7 Å². The molecule has 1 heterocycles. The van der Waals surface area contributed by atoms with Crippen LogP contribution in [0.4, 0.5) is 11.4 Å². The number of carbonyl (C=O) groups is 1. The summed E-state index contributed by atoms with van der Waals surface area (Å²) >= 11 is 0. The lowest BCUT2D eigenvalue weighted by Gasteiger charge is -2.12. The van der Waals surface area contributed by atoms with Gasteiger partial charge in [0.15, 0.2) is 11.5 Å². The molecule has 1 aromatic heterocycles. The number of pyridine rings is 1. The minimum Gasteiger partial charge on any atom is -0.493 e. The van der Waals surface area contributed by atoms with Gasteiger partial charge in [-0.25, -0.2) is 4.98 Å². The van der Waals surface area contributed by atoms with Crippen LogP contribution in [0, 0.1) is 22.0 Å². The Balaban J connectivity index is 1.88. The van der Waals surface area contributed by atoms with Gasteiger partial charge in [-0.3, -0.25) is 14.9 Å². The van der Waals surface area contributed by atoms with Crippen molar-refractivity contribution in [3.63, 3.8) is 0 Å². The van der Waals surface area contributed by atoms with Crippen LogP contribution in [-0.2, 0) is 0 Å². The Morgan fingerprint density at radius 1 is 1.13 bits per heavy atom. The van der Waals surface area contributed by atoms with Gasteiger partial charge >= 0.3 is 0 Å². The van der Waals surface area contributed by atoms with E-state index in [4.69, 9.17) is 9.47 Å². The number of carbonyl (C=O) groups excluding carboxylic acids is 1. The number of aromatic nitrogens is 1. The van der Waals surface area contributed by atoms with Crippen molar-refractivity contribution in [2.24, 2.45) is 0 Å². The number of nitrogens with zero attached hydrogens (tertiary/aromatic N) is 2. The first-order valence-corrected chi connectivity index (χ1v) is 9.35. The van der Waals surface area contributed by atoms with Crippen LogP contribution in [0.25, 0.3) is 0 Å². The van der Waals surface area contributed by atoms with Gasteiger partial charge in [0, 0.05) is 23.5 Å². The molecule has 0 radical (unpaired) electrons. The number of methoxy groups -OCH3 is 1. The Morgan fingerprint density at radius 3 is 2.65 bits per heavy atom. The zero-order chi connectivity index (χ0) is 22.2. The molecular weight excluding hydrogens is 398 g/mol. The summed E-state index contributed by atoms with van der Waals surface area (Å²) in [6, 6.07) is 14.8. The van der Waals surface area contributed by atoms with Gasteiger partial charge < -0.3 is 14.8 Å². The number of amides is 1. The molecule has 1 N–H and O–H groups in total. The van der Waals surface area contributed by atoms with Crippen molar-refractivity contribution in [3.05, 3.63) is 87.7 Å².